The first kappa shape index (κ1) is 16.6. The Kier molecular flexibility index (Phi) is 6.99. The van der Waals surface area contributed by atoms with Gasteiger partial charge in [-0.3, -0.25) is 0 Å². The molecule has 110 valence electrons. The van der Waals surface area contributed by atoms with Crippen molar-refractivity contribution in [2.45, 2.75) is 56.2 Å². The van der Waals surface area contributed by atoms with E-state index in [9.17, 15) is 8.42 Å². The van der Waals surface area contributed by atoms with Gasteiger partial charge in [0.25, 0.3) is 0 Å². The molecule has 19 heavy (non-hydrogen) atoms. The van der Waals surface area contributed by atoms with Crippen LogP contribution in [0.3, 0.4) is 0 Å². The molecule has 0 radical (unpaired) electrons. The van der Waals surface area contributed by atoms with Gasteiger partial charge in [-0.25, -0.2) is 13.1 Å². The molecule has 2 N–H and O–H groups in total. The molecule has 1 aromatic heterocycles. The van der Waals surface area contributed by atoms with Gasteiger partial charge in [0.15, 0.2) is 0 Å². The smallest absolute Gasteiger partial charge is 0.250 e. The summed E-state index contributed by atoms with van der Waals surface area (Å²) in [5, 5.41) is 8.84. The largest absolute Gasteiger partial charge is 0.396 e. The highest BCUT2D eigenvalue weighted by molar-refractivity contribution is 7.91. The van der Waals surface area contributed by atoms with E-state index in [4.69, 9.17) is 5.11 Å². The summed E-state index contributed by atoms with van der Waals surface area (Å²) in [5.41, 5.74) is 0. The predicted octanol–water partition coefficient (Wildman–Crippen LogP) is 2.53. The molecule has 1 unspecified atom stereocenters. The summed E-state index contributed by atoms with van der Waals surface area (Å²) in [6, 6.07) is 3.33. The first-order chi connectivity index (χ1) is 8.99. The fourth-order valence-electron chi connectivity index (χ4n) is 1.83. The van der Waals surface area contributed by atoms with Gasteiger partial charge in [-0.2, -0.15) is 0 Å². The summed E-state index contributed by atoms with van der Waals surface area (Å²) >= 11 is 1.22. The number of aliphatic hydroxyl groups is 1. The van der Waals surface area contributed by atoms with Gasteiger partial charge in [-0.15, -0.1) is 11.3 Å². The average Bonchev–Trinajstić information content (AvgIpc) is 2.78. The van der Waals surface area contributed by atoms with Crippen molar-refractivity contribution in [3.63, 3.8) is 0 Å². The van der Waals surface area contributed by atoms with Crippen LogP contribution in [0.5, 0.6) is 0 Å². The lowest BCUT2D eigenvalue weighted by Crippen LogP contribution is -2.32. The molecule has 0 bridgehead atoms. The number of thiophene rings is 1. The van der Waals surface area contributed by atoms with Crippen LogP contribution < -0.4 is 4.72 Å². The Morgan fingerprint density at radius 2 is 2.11 bits per heavy atom. The van der Waals surface area contributed by atoms with Crippen LogP contribution in [0.1, 0.15) is 44.4 Å². The summed E-state index contributed by atoms with van der Waals surface area (Å²) in [5.74, 6) is 0. The lowest BCUT2D eigenvalue weighted by atomic mass is 10.1. The van der Waals surface area contributed by atoms with E-state index in [2.05, 4.69) is 11.6 Å². The third-order valence-corrected chi connectivity index (χ3v) is 6.08. The molecule has 0 spiro atoms. The zero-order valence-corrected chi connectivity index (χ0v) is 13.2. The number of nitrogens with one attached hydrogen (secondary N) is 1. The number of rotatable bonds is 9. The summed E-state index contributed by atoms with van der Waals surface area (Å²) in [6.07, 6.45) is 4.68. The highest BCUT2D eigenvalue weighted by Crippen LogP contribution is 2.22. The SMILES string of the molecule is CCCCCC(C)NS(=O)(=O)c1ccc(CCO)s1. The van der Waals surface area contributed by atoms with Crippen molar-refractivity contribution in [2.75, 3.05) is 6.61 Å². The van der Waals surface area contributed by atoms with Crippen molar-refractivity contribution in [1.82, 2.24) is 4.72 Å². The van der Waals surface area contributed by atoms with Crippen LogP contribution in [-0.4, -0.2) is 26.2 Å². The second kappa shape index (κ2) is 7.99. The Bertz CT molecular complexity index is 468. The average molecular weight is 305 g/mol. The topological polar surface area (TPSA) is 66.4 Å². The zero-order chi connectivity index (χ0) is 14.3. The molecule has 6 heteroatoms. The van der Waals surface area contributed by atoms with Crippen LogP contribution in [0.2, 0.25) is 0 Å². The van der Waals surface area contributed by atoms with Gasteiger partial charge in [0.2, 0.25) is 10.0 Å². The molecule has 1 rings (SSSR count). The number of hydrogen-bond donors (Lipinski definition) is 2. The fourth-order valence-corrected chi connectivity index (χ4v) is 4.47. The second-order valence-corrected chi connectivity index (χ2v) is 7.82. The van der Waals surface area contributed by atoms with E-state index in [1.54, 1.807) is 12.1 Å². The standard InChI is InChI=1S/C13H23NO3S2/c1-3-4-5-6-11(2)14-19(16,17)13-8-7-12(18-13)9-10-15/h7-8,11,14-15H,3-6,9-10H2,1-2H3. The summed E-state index contributed by atoms with van der Waals surface area (Å²) in [4.78, 5) is 0.890. The quantitative estimate of drug-likeness (QED) is 0.689. The normalized spacial score (nSPS) is 13.6. The predicted molar refractivity (Wildman–Crippen MR) is 79.0 cm³/mol. The minimum Gasteiger partial charge on any atom is -0.396 e. The lowest BCUT2D eigenvalue weighted by Gasteiger charge is -2.12. The molecular formula is C13H23NO3S2. The van der Waals surface area contributed by atoms with Gasteiger partial charge in [0.1, 0.15) is 4.21 Å². The molecule has 1 atom stereocenters. The van der Waals surface area contributed by atoms with Gasteiger partial charge >= 0.3 is 0 Å². The Morgan fingerprint density at radius 3 is 2.74 bits per heavy atom. The van der Waals surface area contributed by atoms with Crippen LogP contribution in [-0.2, 0) is 16.4 Å². The van der Waals surface area contributed by atoms with Crippen molar-refractivity contribution in [2.24, 2.45) is 0 Å². The molecule has 0 fully saturated rings. The van der Waals surface area contributed by atoms with E-state index in [-0.39, 0.29) is 12.6 Å². The maximum atomic E-state index is 12.1. The monoisotopic (exact) mass is 305 g/mol. The molecule has 0 aliphatic rings. The van der Waals surface area contributed by atoms with Crippen LogP contribution in [0.4, 0.5) is 0 Å². The number of hydrogen-bond acceptors (Lipinski definition) is 4. The van der Waals surface area contributed by atoms with Gasteiger partial charge < -0.3 is 5.11 Å². The van der Waals surface area contributed by atoms with E-state index < -0.39 is 10.0 Å². The van der Waals surface area contributed by atoms with Crippen molar-refractivity contribution in [1.29, 1.82) is 0 Å². The number of unbranched alkanes of at least 4 members (excludes halogenated alkanes) is 2. The highest BCUT2D eigenvalue weighted by atomic mass is 32.2. The third-order valence-electron chi connectivity index (χ3n) is 2.86. The van der Waals surface area contributed by atoms with E-state index in [1.807, 2.05) is 6.92 Å². The van der Waals surface area contributed by atoms with Gasteiger partial charge in [-0.1, -0.05) is 26.2 Å². The van der Waals surface area contributed by atoms with Gasteiger partial charge in [0.05, 0.1) is 0 Å². The van der Waals surface area contributed by atoms with Crippen molar-refractivity contribution in [3.05, 3.63) is 17.0 Å². The molecule has 0 aliphatic carbocycles. The molecule has 0 amide bonds. The van der Waals surface area contributed by atoms with Crippen molar-refractivity contribution in [3.8, 4) is 0 Å². The first-order valence-corrected chi connectivity index (χ1v) is 9.01. The lowest BCUT2D eigenvalue weighted by molar-refractivity contribution is 0.300. The molecule has 4 nitrogen and oxygen atoms in total. The van der Waals surface area contributed by atoms with Crippen molar-refractivity contribution < 1.29 is 13.5 Å². The fraction of sp³-hybridized carbons (Fsp3) is 0.692. The molecule has 0 saturated carbocycles. The van der Waals surface area contributed by atoms with Crippen LogP contribution in [0.15, 0.2) is 16.3 Å². The summed E-state index contributed by atoms with van der Waals surface area (Å²) in [7, 11) is -3.41. The zero-order valence-electron chi connectivity index (χ0n) is 11.6. The Hall–Kier alpha value is -0.430. The van der Waals surface area contributed by atoms with Crippen LogP contribution in [0, 0.1) is 0 Å². The summed E-state index contributed by atoms with van der Waals surface area (Å²) in [6.45, 7) is 4.07. The van der Waals surface area contributed by atoms with Crippen LogP contribution in [0.25, 0.3) is 0 Å². The van der Waals surface area contributed by atoms with E-state index in [0.717, 1.165) is 30.6 Å². The van der Waals surface area contributed by atoms with Crippen molar-refractivity contribution >= 4 is 21.4 Å². The number of aliphatic hydroxyl groups excluding tert-OH is 1. The van der Waals surface area contributed by atoms with Gasteiger partial charge in [-0.05, 0) is 25.5 Å². The maximum Gasteiger partial charge on any atom is 0.250 e. The van der Waals surface area contributed by atoms with Crippen LogP contribution >= 0.6 is 11.3 Å². The maximum absolute atomic E-state index is 12.1. The Balaban J connectivity index is 2.58. The highest BCUT2D eigenvalue weighted by Gasteiger charge is 2.19. The molecule has 0 aromatic carbocycles. The van der Waals surface area contributed by atoms with E-state index in [1.165, 1.54) is 11.3 Å². The molecule has 1 heterocycles. The second-order valence-electron chi connectivity index (χ2n) is 4.71. The Labute approximate surface area is 119 Å². The minimum absolute atomic E-state index is 0.0417. The molecule has 0 saturated heterocycles. The first-order valence-electron chi connectivity index (χ1n) is 6.71. The molecular weight excluding hydrogens is 282 g/mol. The number of sulfonamides is 1. The van der Waals surface area contributed by atoms with E-state index >= 15 is 0 Å². The molecule has 0 aliphatic heterocycles. The minimum atomic E-state index is -3.41. The third kappa shape index (κ3) is 5.60. The Morgan fingerprint density at radius 1 is 1.37 bits per heavy atom. The molecule has 1 aromatic rings. The van der Waals surface area contributed by atoms with E-state index in [0.29, 0.717) is 10.6 Å². The van der Waals surface area contributed by atoms with Gasteiger partial charge in [0, 0.05) is 23.9 Å². The summed E-state index contributed by atoms with van der Waals surface area (Å²) < 4.78 is 27.3.